The van der Waals surface area contributed by atoms with Gasteiger partial charge in [-0.3, -0.25) is 4.79 Å². The molecule has 0 bridgehead atoms. The third-order valence-corrected chi connectivity index (χ3v) is 5.14. The van der Waals surface area contributed by atoms with Crippen LogP contribution in [0.1, 0.15) is 54.6 Å². The van der Waals surface area contributed by atoms with Crippen LogP contribution in [0.4, 0.5) is 0 Å². The number of nitrogens with one attached hydrogen (secondary N) is 1. The molecule has 2 N–H and O–H groups in total. The van der Waals surface area contributed by atoms with Crippen molar-refractivity contribution < 1.29 is 9.90 Å². The van der Waals surface area contributed by atoms with Crippen molar-refractivity contribution in [2.45, 2.75) is 51.5 Å². The molecule has 1 unspecified atom stereocenters. The average Bonchev–Trinajstić information content (AvgIpc) is 3.05. The van der Waals surface area contributed by atoms with E-state index in [1.807, 2.05) is 37.3 Å². The first kappa shape index (κ1) is 17.7. The third-order valence-electron chi connectivity index (χ3n) is 5.14. The van der Waals surface area contributed by atoms with E-state index in [0.29, 0.717) is 23.6 Å². The number of nitrogens with zero attached hydrogens (tertiary/aromatic N) is 2. The van der Waals surface area contributed by atoms with Gasteiger partial charge in [0.25, 0.3) is 5.91 Å². The normalized spacial score (nSPS) is 16.6. The van der Waals surface area contributed by atoms with Crippen molar-refractivity contribution in [3.63, 3.8) is 0 Å². The first-order valence-corrected chi connectivity index (χ1v) is 9.22. The van der Waals surface area contributed by atoms with Gasteiger partial charge in [0.1, 0.15) is 0 Å². The van der Waals surface area contributed by atoms with E-state index in [4.69, 9.17) is 0 Å². The van der Waals surface area contributed by atoms with E-state index >= 15 is 0 Å². The van der Waals surface area contributed by atoms with Crippen molar-refractivity contribution in [3.05, 3.63) is 47.8 Å². The summed E-state index contributed by atoms with van der Waals surface area (Å²) in [6.45, 7) is 1.96. The molecule has 5 nitrogen and oxygen atoms in total. The van der Waals surface area contributed by atoms with E-state index in [-0.39, 0.29) is 18.6 Å². The van der Waals surface area contributed by atoms with E-state index in [2.05, 4.69) is 10.4 Å². The summed E-state index contributed by atoms with van der Waals surface area (Å²) in [6.07, 6.45) is 8.37. The van der Waals surface area contributed by atoms with E-state index in [9.17, 15) is 9.90 Å². The number of aromatic nitrogens is 2. The van der Waals surface area contributed by atoms with Crippen LogP contribution in [-0.4, -0.2) is 33.4 Å². The van der Waals surface area contributed by atoms with Gasteiger partial charge in [-0.1, -0.05) is 37.5 Å². The van der Waals surface area contributed by atoms with Crippen molar-refractivity contribution in [2.24, 2.45) is 5.92 Å². The highest BCUT2D eigenvalue weighted by atomic mass is 16.3. The Labute approximate surface area is 149 Å². The number of rotatable bonds is 6. The van der Waals surface area contributed by atoms with Gasteiger partial charge in [0.05, 0.1) is 16.9 Å². The van der Waals surface area contributed by atoms with Crippen molar-refractivity contribution in [1.29, 1.82) is 0 Å². The number of aliphatic hydroxyl groups excluding tert-OH is 1. The van der Waals surface area contributed by atoms with Gasteiger partial charge in [-0.15, -0.1) is 0 Å². The van der Waals surface area contributed by atoms with E-state index in [0.717, 1.165) is 18.5 Å². The van der Waals surface area contributed by atoms with Gasteiger partial charge >= 0.3 is 0 Å². The zero-order valence-corrected chi connectivity index (χ0v) is 14.8. The molecule has 1 fully saturated rings. The zero-order valence-electron chi connectivity index (χ0n) is 14.8. The van der Waals surface area contributed by atoms with E-state index in [1.165, 1.54) is 19.3 Å². The fraction of sp³-hybridized carbons (Fsp3) is 0.500. The van der Waals surface area contributed by atoms with Crippen LogP contribution in [0.3, 0.4) is 0 Å². The van der Waals surface area contributed by atoms with Crippen LogP contribution in [0.5, 0.6) is 0 Å². The van der Waals surface area contributed by atoms with Crippen LogP contribution in [0.15, 0.2) is 36.5 Å². The number of hydrogen-bond acceptors (Lipinski definition) is 3. The zero-order chi connectivity index (χ0) is 17.6. The van der Waals surface area contributed by atoms with Crippen LogP contribution in [0, 0.1) is 12.8 Å². The lowest BCUT2D eigenvalue weighted by Crippen LogP contribution is -2.41. The number of amides is 1. The Balaban J connectivity index is 1.74. The highest BCUT2D eigenvalue weighted by Crippen LogP contribution is 2.28. The summed E-state index contributed by atoms with van der Waals surface area (Å²) in [5, 5.41) is 17.0. The minimum atomic E-state index is -0.0938. The summed E-state index contributed by atoms with van der Waals surface area (Å²) >= 11 is 0. The van der Waals surface area contributed by atoms with Gasteiger partial charge in [-0.05, 0) is 44.2 Å². The first-order chi connectivity index (χ1) is 12.2. The molecule has 1 amide bonds. The monoisotopic (exact) mass is 341 g/mol. The van der Waals surface area contributed by atoms with E-state index in [1.54, 1.807) is 10.9 Å². The standard InChI is InChI=1S/C20H27N3O2/c1-15-18(14-23(22-15)17-10-6-3-7-11-17)20(25)21-19(12-13-24)16-8-4-2-5-9-16/h3,6-7,10-11,14,16,19,24H,2,4-5,8-9,12-13H2,1H3,(H,21,25). The quantitative estimate of drug-likeness (QED) is 0.847. The minimum Gasteiger partial charge on any atom is -0.396 e. The maximum Gasteiger partial charge on any atom is 0.254 e. The lowest BCUT2D eigenvalue weighted by atomic mass is 9.82. The molecule has 3 rings (SSSR count). The molecule has 25 heavy (non-hydrogen) atoms. The molecule has 1 aromatic carbocycles. The SMILES string of the molecule is Cc1nn(-c2ccccc2)cc1C(=O)NC(CCO)C1CCCCC1. The maximum atomic E-state index is 12.8. The highest BCUT2D eigenvalue weighted by Gasteiger charge is 2.26. The smallest absolute Gasteiger partial charge is 0.254 e. The number of benzene rings is 1. The van der Waals surface area contributed by atoms with Gasteiger partial charge in [-0.2, -0.15) is 5.10 Å². The van der Waals surface area contributed by atoms with Crippen LogP contribution in [0.2, 0.25) is 0 Å². The average molecular weight is 341 g/mol. The molecule has 1 heterocycles. The maximum absolute atomic E-state index is 12.8. The summed E-state index contributed by atoms with van der Waals surface area (Å²) in [5.41, 5.74) is 2.25. The fourth-order valence-electron chi connectivity index (χ4n) is 3.74. The first-order valence-electron chi connectivity index (χ1n) is 9.22. The van der Waals surface area contributed by atoms with E-state index < -0.39 is 0 Å². The predicted octanol–water partition coefficient (Wildman–Crippen LogP) is 3.24. The Morgan fingerprint density at radius 3 is 2.68 bits per heavy atom. The summed E-state index contributed by atoms with van der Waals surface area (Å²) < 4.78 is 1.74. The lowest BCUT2D eigenvalue weighted by Gasteiger charge is -2.30. The molecule has 1 aromatic heterocycles. The third kappa shape index (κ3) is 4.28. The number of carbonyl (C=O) groups is 1. The number of aryl methyl sites for hydroxylation is 1. The molecule has 1 saturated carbocycles. The highest BCUT2D eigenvalue weighted by molar-refractivity contribution is 5.95. The Kier molecular flexibility index (Phi) is 5.87. The Morgan fingerprint density at radius 1 is 1.28 bits per heavy atom. The second-order valence-electron chi connectivity index (χ2n) is 6.90. The van der Waals surface area contributed by atoms with Gasteiger partial charge in [0, 0.05) is 18.8 Å². The summed E-state index contributed by atoms with van der Waals surface area (Å²) in [7, 11) is 0. The van der Waals surface area contributed by atoms with Crippen LogP contribution < -0.4 is 5.32 Å². The molecule has 1 atom stereocenters. The Bertz CT molecular complexity index is 690. The molecule has 0 aliphatic heterocycles. The Morgan fingerprint density at radius 2 is 2.00 bits per heavy atom. The number of carbonyl (C=O) groups excluding carboxylic acids is 1. The predicted molar refractivity (Wildman–Crippen MR) is 97.8 cm³/mol. The summed E-state index contributed by atoms with van der Waals surface area (Å²) in [4.78, 5) is 12.8. The molecule has 0 spiro atoms. The number of hydrogen-bond donors (Lipinski definition) is 2. The molecule has 0 saturated heterocycles. The second-order valence-corrected chi connectivity index (χ2v) is 6.90. The number of para-hydroxylation sites is 1. The summed E-state index contributed by atoms with van der Waals surface area (Å²) in [5.74, 6) is 0.373. The Hall–Kier alpha value is -2.14. The van der Waals surface area contributed by atoms with Crippen LogP contribution in [-0.2, 0) is 0 Å². The fourth-order valence-corrected chi connectivity index (χ4v) is 3.74. The van der Waals surface area contributed by atoms with Crippen molar-refractivity contribution in [3.8, 4) is 5.69 Å². The van der Waals surface area contributed by atoms with Crippen molar-refractivity contribution in [2.75, 3.05) is 6.61 Å². The van der Waals surface area contributed by atoms with Crippen LogP contribution >= 0.6 is 0 Å². The van der Waals surface area contributed by atoms with Crippen LogP contribution in [0.25, 0.3) is 5.69 Å². The molecule has 5 heteroatoms. The molecule has 2 aromatic rings. The molecule has 134 valence electrons. The van der Waals surface area contributed by atoms with Gasteiger partial charge < -0.3 is 10.4 Å². The molecule has 0 radical (unpaired) electrons. The molecule has 1 aliphatic rings. The topological polar surface area (TPSA) is 67.2 Å². The van der Waals surface area contributed by atoms with Crippen molar-refractivity contribution >= 4 is 5.91 Å². The van der Waals surface area contributed by atoms with Gasteiger partial charge in [0.2, 0.25) is 0 Å². The van der Waals surface area contributed by atoms with Crippen molar-refractivity contribution in [1.82, 2.24) is 15.1 Å². The van der Waals surface area contributed by atoms with Gasteiger partial charge in [0.15, 0.2) is 0 Å². The summed E-state index contributed by atoms with van der Waals surface area (Å²) in [6, 6.07) is 9.82. The molecular weight excluding hydrogens is 314 g/mol. The lowest BCUT2D eigenvalue weighted by molar-refractivity contribution is 0.0899. The van der Waals surface area contributed by atoms with Gasteiger partial charge in [-0.25, -0.2) is 4.68 Å². The second kappa shape index (κ2) is 8.30. The number of aliphatic hydroxyl groups is 1. The molecular formula is C20H27N3O2. The molecule has 1 aliphatic carbocycles. The minimum absolute atomic E-state index is 0.0391. The largest absolute Gasteiger partial charge is 0.396 e.